The highest BCUT2D eigenvalue weighted by Gasteiger charge is 2.23. The lowest BCUT2D eigenvalue weighted by molar-refractivity contribution is 0.103. The van der Waals surface area contributed by atoms with Crippen molar-refractivity contribution in [1.82, 2.24) is 9.78 Å². The van der Waals surface area contributed by atoms with E-state index in [4.69, 9.17) is 16.3 Å². The maximum atomic E-state index is 13.2. The molecule has 0 aliphatic carbocycles. The van der Waals surface area contributed by atoms with Gasteiger partial charge in [0.25, 0.3) is 0 Å². The molecule has 27 heavy (non-hydrogen) atoms. The largest absolute Gasteiger partial charge is 0.472 e. The smallest absolute Gasteiger partial charge is 0.223 e. The Labute approximate surface area is 164 Å². The Balaban J connectivity index is 1.97. The first-order chi connectivity index (χ1) is 12.9. The summed E-state index contributed by atoms with van der Waals surface area (Å²) in [6.07, 6.45) is 1.56. The van der Waals surface area contributed by atoms with E-state index in [9.17, 15) is 4.79 Å². The highest BCUT2D eigenvalue weighted by molar-refractivity contribution is 6.36. The van der Waals surface area contributed by atoms with Crippen LogP contribution in [0.1, 0.15) is 45.1 Å². The minimum atomic E-state index is -0.172. The molecule has 0 bridgehead atoms. The molecule has 0 saturated heterocycles. The molecule has 0 amide bonds. The van der Waals surface area contributed by atoms with Crippen molar-refractivity contribution in [2.24, 2.45) is 0 Å². The van der Waals surface area contributed by atoms with Crippen molar-refractivity contribution in [2.45, 2.75) is 40.8 Å². The third-order valence-corrected chi connectivity index (χ3v) is 5.37. The molecular formula is C22H23ClN2O2. The lowest BCUT2D eigenvalue weighted by Gasteiger charge is -2.13. The van der Waals surface area contributed by atoms with Crippen molar-refractivity contribution >= 4 is 17.4 Å². The summed E-state index contributed by atoms with van der Waals surface area (Å²) in [4.78, 5) is 13.2. The third-order valence-electron chi connectivity index (χ3n) is 4.88. The van der Waals surface area contributed by atoms with Crippen LogP contribution in [0.2, 0.25) is 5.02 Å². The number of hydrogen-bond acceptors (Lipinski definition) is 3. The predicted octanol–water partition coefficient (Wildman–Crippen LogP) is 5.29. The summed E-state index contributed by atoms with van der Waals surface area (Å²) >= 11 is 6.49. The molecule has 0 N–H and O–H groups in total. The third kappa shape index (κ3) is 3.76. The van der Waals surface area contributed by atoms with Gasteiger partial charge in [-0.2, -0.15) is 5.10 Å². The molecule has 0 fully saturated rings. The maximum Gasteiger partial charge on any atom is 0.223 e. The zero-order valence-electron chi connectivity index (χ0n) is 16.0. The Hall–Kier alpha value is -2.59. The molecule has 0 spiro atoms. The summed E-state index contributed by atoms with van der Waals surface area (Å²) in [5.74, 6) is 0.298. The second-order valence-electron chi connectivity index (χ2n) is 6.59. The normalized spacial score (nSPS) is 10.9. The maximum absolute atomic E-state index is 13.2. The van der Waals surface area contributed by atoms with Gasteiger partial charge in [-0.25, -0.2) is 4.68 Å². The topological polar surface area (TPSA) is 44.1 Å². The number of ketones is 1. The second-order valence-corrected chi connectivity index (χ2v) is 6.97. The number of nitrogens with zero attached hydrogens (tertiary/aromatic N) is 2. The van der Waals surface area contributed by atoms with Crippen LogP contribution in [0.3, 0.4) is 0 Å². The van der Waals surface area contributed by atoms with Gasteiger partial charge in [-0.3, -0.25) is 4.79 Å². The number of carbonyl (C=O) groups is 1. The quantitative estimate of drug-likeness (QED) is 0.544. The molecule has 0 saturated carbocycles. The zero-order chi connectivity index (χ0) is 19.6. The fraction of sp³-hybridized carbons (Fsp3) is 0.273. The molecule has 0 aliphatic heterocycles. The average molecular weight is 383 g/mol. The van der Waals surface area contributed by atoms with Crippen LogP contribution < -0.4 is 4.74 Å². The van der Waals surface area contributed by atoms with Gasteiger partial charge in [-0.15, -0.1) is 0 Å². The second kappa shape index (κ2) is 7.97. The molecular weight excluding hydrogens is 360 g/mol. The average Bonchev–Trinajstić information content (AvgIpc) is 3.10. The van der Waals surface area contributed by atoms with Crippen LogP contribution in [0.4, 0.5) is 0 Å². The van der Waals surface area contributed by atoms with Crippen LogP contribution >= 0.6 is 11.6 Å². The Kier molecular flexibility index (Phi) is 5.66. The zero-order valence-corrected chi connectivity index (χ0v) is 16.8. The summed E-state index contributed by atoms with van der Waals surface area (Å²) in [5.41, 5.74) is 5.00. The number of aryl methyl sites for hydroxylation is 2. The first-order valence-electron chi connectivity index (χ1n) is 8.97. The molecule has 2 aromatic carbocycles. The van der Waals surface area contributed by atoms with Gasteiger partial charge in [0.05, 0.1) is 11.2 Å². The molecule has 0 radical (unpaired) electrons. The van der Waals surface area contributed by atoms with Crippen LogP contribution in [0.25, 0.3) is 0 Å². The van der Waals surface area contributed by atoms with Gasteiger partial charge in [0.1, 0.15) is 12.2 Å². The molecule has 3 rings (SSSR count). The van der Waals surface area contributed by atoms with Crippen LogP contribution in [0.5, 0.6) is 5.88 Å². The standard InChI is InChI=1S/C22H23ClN2O2/c1-5-25-22(27-13-17-9-7-6-8-10-17)19(12-24-25)21(26)18-11-14(2)15(3)16(4)20(18)23/h6-12H,5,13H2,1-4H3. The van der Waals surface area contributed by atoms with Gasteiger partial charge in [0, 0.05) is 12.1 Å². The van der Waals surface area contributed by atoms with Crippen LogP contribution in [-0.2, 0) is 13.2 Å². The molecule has 5 heteroatoms. The number of ether oxygens (including phenoxy) is 1. The Morgan fingerprint density at radius 2 is 1.81 bits per heavy atom. The fourth-order valence-corrected chi connectivity index (χ4v) is 3.28. The van der Waals surface area contributed by atoms with Crippen molar-refractivity contribution in [3.05, 3.63) is 81.0 Å². The molecule has 4 nitrogen and oxygen atoms in total. The van der Waals surface area contributed by atoms with Gasteiger partial charge in [-0.05, 0) is 56.0 Å². The number of aromatic nitrogens is 2. The van der Waals surface area contributed by atoms with Crippen molar-refractivity contribution in [3.63, 3.8) is 0 Å². The monoisotopic (exact) mass is 382 g/mol. The van der Waals surface area contributed by atoms with E-state index in [-0.39, 0.29) is 5.78 Å². The van der Waals surface area contributed by atoms with E-state index < -0.39 is 0 Å². The number of rotatable bonds is 6. The van der Waals surface area contributed by atoms with Crippen LogP contribution in [0.15, 0.2) is 42.6 Å². The Morgan fingerprint density at radius 3 is 2.48 bits per heavy atom. The lowest BCUT2D eigenvalue weighted by atomic mass is 9.96. The van der Waals surface area contributed by atoms with Crippen molar-refractivity contribution < 1.29 is 9.53 Å². The highest BCUT2D eigenvalue weighted by atomic mass is 35.5. The van der Waals surface area contributed by atoms with E-state index in [2.05, 4.69) is 5.10 Å². The van der Waals surface area contributed by atoms with Crippen LogP contribution in [-0.4, -0.2) is 15.6 Å². The van der Waals surface area contributed by atoms with Crippen LogP contribution in [0, 0.1) is 20.8 Å². The minimum absolute atomic E-state index is 0.172. The van der Waals surface area contributed by atoms with Crippen molar-refractivity contribution in [2.75, 3.05) is 0 Å². The molecule has 140 valence electrons. The Bertz CT molecular complexity index is 978. The van der Waals surface area contributed by atoms with Gasteiger partial charge >= 0.3 is 0 Å². The molecule has 0 atom stereocenters. The van der Waals surface area contributed by atoms with E-state index in [1.165, 1.54) is 0 Å². The highest BCUT2D eigenvalue weighted by Crippen LogP contribution is 2.31. The lowest BCUT2D eigenvalue weighted by Crippen LogP contribution is -2.09. The molecule has 3 aromatic rings. The molecule has 0 unspecified atom stereocenters. The summed E-state index contributed by atoms with van der Waals surface area (Å²) < 4.78 is 7.68. The van der Waals surface area contributed by atoms with E-state index in [0.29, 0.717) is 35.2 Å². The minimum Gasteiger partial charge on any atom is -0.472 e. The van der Waals surface area contributed by atoms with Crippen molar-refractivity contribution in [3.8, 4) is 5.88 Å². The molecule has 1 aromatic heterocycles. The summed E-state index contributed by atoms with van der Waals surface area (Å²) in [6.45, 7) is 8.86. The number of hydrogen-bond donors (Lipinski definition) is 0. The summed E-state index contributed by atoms with van der Waals surface area (Å²) in [7, 11) is 0. The Morgan fingerprint density at radius 1 is 1.11 bits per heavy atom. The van der Waals surface area contributed by atoms with E-state index >= 15 is 0 Å². The van der Waals surface area contributed by atoms with Crippen molar-refractivity contribution in [1.29, 1.82) is 0 Å². The van der Waals surface area contributed by atoms with Gasteiger partial charge in [0.2, 0.25) is 11.7 Å². The first kappa shape index (κ1) is 19.2. The summed E-state index contributed by atoms with van der Waals surface area (Å²) in [5, 5.41) is 4.80. The SMILES string of the molecule is CCn1ncc(C(=O)c2cc(C)c(C)c(C)c2Cl)c1OCc1ccccc1. The van der Waals surface area contributed by atoms with E-state index in [1.807, 2.05) is 64.1 Å². The molecule has 0 aliphatic rings. The number of carbonyl (C=O) groups excluding carboxylic acids is 1. The number of halogens is 1. The van der Waals surface area contributed by atoms with Gasteiger partial charge < -0.3 is 4.74 Å². The fourth-order valence-electron chi connectivity index (χ4n) is 2.99. The predicted molar refractivity (Wildman–Crippen MR) is 108 cm³/mol. The number of benzene rings is 2. The van der Waals surface area contributed by atoms with Gasteiger partial charge in [0.15, 0.2) is 0 Å². The van der Waals surface area contributed by atoms with E-state index in [0.717, 1.165) is 22.3 Å². The van der Waals surface area contributed by atoms with Gasteiger partial charge in [-0.1, -0.05) is 41.9 Å². The molecule has 1 heterocycles. The summed E-state index contributed by atoms with van der Waals surface area (Å²) in [6, 6.07) is 11.7. The van der Waals surface area contributed by atoms with E-state index in [1.54, 1.807) is 10.9 Å². The first-order valence-corrected chi connectivity index (χ1v) is 9.35.